The number of nitrogens with zero attached hydrogens (tertiary/aromatic N) is 2. The molecule has 0 fully saturated rings. The minimum Gasteiger partial charge on any atom is -0.383 e. The number of anilines is 1. The van der Waals surface area contributed by atoms with E-state index < -0.39 is 22.6 Å². The van der Waals surface area contributed by atoms with Crippen LogP contribution in [0, 0.1) is 10.1 Å². The van der Waals surface area contributed by atoms with Gasteiger partial charge in [0.2, 0.25) is 0 Å². The lowest BCUT2D eigenvalue weighted by atomic mass is 10.1. The molecule has 1 aromatic rings. The molecule has 0 bridgehead atoms. The maximum atomic E-state index is 12.9. The molecule has 9 heteroatoms. The van der Waals surface area contributed by atoms with Crippen LogP contribution in [0.1, 0.15) is 12.0 Å². The topological polar surface area (TPSA) is 87.5 Å². The summed E-state index contributed by atoms with van der Waals surface area (Å²) in [6, 6.07) is 2.92. The van der Waals surface area contributed by atoms with E-state index in [1.165, 1.54) is 11.0 Å². The van der Waals surface area contributed by atoms with Gasteiger partial charge in [0.25, 0.3) is 12.1 Å². The Morgan fingerprint density at radius 1 is 1.38 bits per heavy atom. The molecule has 2 amide bonds. The van der Waals surface area contributed by atoms with Crippen LogP contribution in [0.4, 0.5) is 25.0 Å². The third kappa shape index (κ3) is 4.86. The van der Waals surface area contributed by atoms with Crippen molar-refractivity contribution in [3.63, 3.8) is 0 Å². The predicted octanol–water partition coefficient (Wildman–Crippen LogP) is 2.22. The summed E-state index contributed by atoms with van der Waals surface area (Å²) in [5, 5.41) is 15.9. The normalized spacial score (nSPS) is 10.3. The molecule has 0 radical (unpaired) electrons. The van der Waals surface area contributed by atoms with Gasteiger partial charge < -0.3 is 15.5 Å². The molecule has 0 unspecified atom stereocenters. The van der Waals surface area contributed by atoms with Gasteiger partial charge in [-0.25, -0.2) is 13.6 Å². The van der Waals surface area contributed by atoms with Gasteiger partial charge >= 0.3 is 6.03 Å². The summed E-state index contributed by atoms with van der Waals surface area (Å²) in [4.78, 5) is 22.4. The second-order valence-electron chi connectivity index (χ2n) is 4.38. The highest BCUT2D eigenvalue weighted by Gasteiger charge is 2.17. The largest absolute Gasteiger partial charge is 0.383 e. The van der Waals surface area contributed by atoms with Crippen molar-refractivity contribution >= 4 is 17.4 Å². The molecule has 0 spiro atoms. The minimum absolute atomic E-state index is 0.106. The van der Waals surface area contributed by atoms with Gasteiger partial charge in [-0.2, -0.15) is 0 Å². The van der Waals surface area contributed by atoms with Crippen molar-refractivity contribution in [2.45, 2.75) is 6.43 Å². The molecule has 0 aliphatic heterocycles. The lowest BCUT2D eigenvalue weighted by molar-refractivity contribution is -0.385. The number of nitrogens with one attached hydrogen (secondary N) is 2. The zero-order valence-electron chi connectivity index (χ0n) is 11.6. The van der Waals surface area contributed by atoms with Crippen molar-refractivity contribution in [3.05, 3.63) is 33.9 Å². The number of urea groups is 1. The molecule has 1 rings (SSSR count). The van der Waals surface area contributed by atoms with Crippen molar-refractivity contribution < 1.29 is 18.5 Å². The fraction of sp³-hybridized carbons (Fsp3) is 0.417. The van der Waals surface area contributed by atoms with Crippen molar-refractivity contribution in [2.24, 2.45) is 0 Å². The van der Waals surface area contributed by atoms with Crippen LogP contribution in [0.25, 0.3) is 0 Å². The molecule has 0 atom stereocenters. The van der Waals surface area contributed by atoms with Crippen molar-refractivity contribution in [3.8, 4) is 0 Å². The number of nitro groups is 1. The van der Waals surface area contributed by atoms with Gasteiger partial charge in [0, 0.05) is 50.6 Å². The van der Waals surface area contributed by atoms with Crippen LogP contribution in [0.2, 0.25) is 0 Å². The van der Waals surface area contributed by atoms with Crippen LogP contribution in [0.3, 0.4) is 0 Å². The molecule has 0 aliphatic rings. The Morgan fingerprint density at radius 3 is 2.57 bits per heavy atom. The van der Waals surface area contributed by atoms with Crippen molar-refractivity contribution in [2.75, 3.05) is 32.5 Å². The second kappa shape index (κ2) is 7.36. The standard InChI is InChI=1S/C12H16F2N4O3/c1-17(2)12(19)16-6-5-15-10-4-3-8(18(20)21)7-9(10)11(13)14/h3-4,7,11,15H,5-6H2,1-2H3,(H,16,19). The van der Waals surface area contributed by atoms with Crippen LogP contribution in [0.15, 0.2) is 18.2 Å². The molecule has 0 aliphatic carbocycles. The zero-order chi connectivity index (χ0) is 16.0. The average molecular weight is 302 g/mol. The van der Waals surface area contributed by atoms with E-state index in [1.54, 1.807) is 14.1 Å². The van der Waals surface area contributed by atoms with E-state index in [9.17, 15) is 23.7 Å². The van der Waals surface area contributed by atoms with E-state index in [-0.39, 0.29) is 24.8 Å². The number of carbonyl (C=O) groups excluding carboxylic acids is 1. The summed E-state index contributed by atoms with van der Waals surface area (Å²) >= 11 is 0. The van der Waals surface area contributed by atoms with Gasteiger partial charge in [0.15, 0.2) is 0 Å². The SMILES string of the molecule is CN(C)C(=O)NCCNc1ccc([N+](=O)[O-])cc1C(F)F. The molecule has 2 N–H and O–H groups in total. The molecular formula is C12H16F2N4O3. The summed E-state index contributed by atoms with van der Waals surface area (Å²) < 4.78 is 25.8. The monoisotopic (exact) mass is 302 g/mol. The number of non-ortho nitro benzene ring substituents is 1. The summed E-state index contributed by atoms with van der Waals surface area (Å²) in [5.41, 5.74) is -0.727. The molecule has 1 aromatic carbocycles. The van der Waals surface area contributed by atoms with E-state index in [0.717, 1.165) is 12.1 Å². The summed E-state index contributed by atoms with van der Waals surface area (Å²) in [7, 11) is 3.15. The number of amides is 2. The Morgan fingerprint density at radius 2 is 2.05 bits per heavy atom. The Balaban J connectivity index is 2.66. The van der Waals surface area contributed by atoms with E-state index in [1.807, 2.05) is 0 Å². The maximum absolute atomic E-state index is 12.9. The molecular weight excluding hydrogens is 286 g/mol. The Kier molecular flexibility index (Phi) is 5.82. The highest BCUT2D eigenvalue weighted by atomic mass is 19.3. The molecule has 21 heavy (non-hydrogen) atoms. The van der Waals surface area contributed by atoms with Gasteiger partial charge in [-0.05, 0) is 6.07 Å². The van der Waals surface area contributed by atoms with Crippen LogP contribution >= 0.6 is 0 Å². The number of hydrogen-bond acceptors (Lipinski definition) is 4. The quantitative estimate of drug-likeness (QED) is 0.479. The summed E-state index contributed by atoms with van der Waals surface area (Å²) in [6.45, 7) is 0.452. The van der Waals surface area contributed by atoms with Gasteiger partial charge in [0.05, 0.1) is 4.92 Å². The fourth-order valence-corrected chi connectivity index (χ4v) is 1.53. The first-order valence-electron chi connectivity index (χ1n) is 6.08. The Labute approximate surface area is 120 Å². The van der Waals surface area contributed by atoms with Crippen LogP contribution in [0.5, 0.6) is 0 Å². The van der Waals surface area contributed by atoms with Crippen molar-refractivity contribution in [1.29, 1.82) is 0 Å². The predicted molar refractivity (Wildman–Crippen MR) is 73.6 cm³/mol. The average Bonchev–Trinajstić information content (AvgIpc) is 2.42. The smallest absolute Gasteiger partial charge is 0.316 e. The number of halogens is 2. The molecule has 0 heterocycles. The number of carbonyl (C=O) groups is 1. The number of benzene rings is 1. The lowest BCUT2D eigenvalue weighted by Gasteiger charge is -2.14. The summed E-state index contributed by atoms with van der Waals surface area (Å²) in [5.74, 6) is 0. The highest BCUT2D eigenvalue weighted by molar-refractivity contribution is 5.73. The number of rotatable bonds is 6. The molecule has 7 nitrogen and oxygen atoms in total. The third-order valence-corrected chi connectivity index (χ3v) is 2.60. The van der Waals surface area contributed by atoms with E-state index in [4.69, 9.17) is 0 Å². The first-order valence-corrected chi connectivity index (χ1v) is 6.08. The Hall–Kier alpha value is -2.45. The third-order valence-electron chi connectivity index (χ3n) is 2.60. The van der Waals surface area contributed by atoms with Crippen LogP contribution in [-0.4, -0.2) is 43.0 Å². The Bertz CT molecular complexity index is 523. The van der Waals surface area contributed by atoms with Gasteiger partial charge in [-0.15, -0.1) is 0 Å². The zero-order valence-corrected chi connectivity index (χ0v) is 11.6. The van der Waals surface area contributed by atoms with Crippen LogP contribution < -0.4 is 10.6 Å². The van der Waals surface area contributed by atoms with Crippen LogP contribution in [-0.2, 0) is 0 Å². The first kappa shape index (κ1) is 16.6. The minimum atomic E-state index is -2.83. The van der Waals surface area contributed by atoms with Gasteiger partial charge in [0.1, 0.15) is 0 Å². The lowest BCUT2D eigenvalue weighted by Crippen LogP contribution is -2.37. The van der Waals surface area contributed by atoms with Gasteiger partial charge in [-0.1, -0.05) is 0 Å². The van der Waals surface area contributed by atoms with Crippen molar-refractivity contribution in [1.82, 2.24) is 10.2 Å². The van der Waals surface area contributed by atoms with E-state index in [2.05, 4.69) is 10.6 Å². The number of nitro benzene ring substituents is 1. The molecule has 0 saturated carbocycles. The molecule has 0 saturated heterocycles. The first-order chi connectivity index (χ1) is 9.82. The molecule has 0 aromatic heterocycles. The maximum Gasteiger partial charge on any atom is 0.316 e. The second-order valence-corrected chi connectivity index (χ2v) is 4.38. The van der Waals surface area contributed by atoms with E-state index >= 15 is 0 Å². The number of hydrogen-bond donors (Lipinski definition) is 2. The fourth-order valence-electron chi connectivity index (χ4n) is 1.53. The van der Waals surface area contributed by atoms with E-state index in [0.29, 0.717) is 0 Å². The van der Waals surface area contributed by atoms with Gasteiger partial charge in [-0.3, -0.25) is 10.1 Å². The summed E-state index contributed by atoms with van der Waals surface area (Å²) in [6.07, 6.45) is -2.83. The number of alkyl halides is 2. The highest BCUT2D eigenvalue weighted by Crippen LogP contribution is 2.30. The molecule has 116 valence electrons.